The molecule has 3 atom stereocenters. The number of hydrogen-bond donors (Lipinski definition) is 3. The fraction of sp³-hybridized carbons (Fsp3) is 1.00. The van der Waals surface area contributed by atoms with E-state index < -0.39 is 5.96 Å². The third-order valence-corrected chi connectivity index (χ3v) is 14.4. The Labute approximate surface area is 113 Å². The summed E-state index contributed by atoms with van der Waals surface area (Å²) in [5, 5.41) is 11.4. The van der Waals surface area contributed by atoms with Crippen LogP contribution < -0.4 is 16.0 Å². The maximum atomic E-state index is 4.32. The SMILES string of the molecule is Br[PH](C1CCCN1)(C1CCCN1)C1CCCN1. The van der Waals surface area contributed by atoms with E-state index in [1.54, 1.807) is 0 Å². The molecule has 0 bridgehead atoms. The van der Waals surface area contributed by atoms with Crippen molar-refractivity contribution in [3.05, 3.63) is 0 Å². The predicted molar refractivity (Wildman–Crippen MR) is 80.3 cm³/mol. The van der Waals surface area contributed by atoms with Gasteiger partial charge >= 0.3 is 113 Å². The number of halogens is 1. The molecule has 3 rings (SSSR count). The first-order chi connectivity index (χ1) is 8.32. The Balaban J connectivity index is 1.81. The molecule has 0 aliphatic carbocycles. The van der Waals surface area contributed by atoms with Gasteiger partial charge in [-0.2, -0.15) is 0 Å². The van der Waals surface area contributed by atoms with Crippen molar-refractivity contribution in [1.29, 1.82) is 0 Å². The van der Waals surface area contributed by atoms with Crippen LogP contribution in [0.2, 0.25) is 0 Å². The zero-order valence-corrected chi connectivity index (χ0v) is 13.1. The van der Waals surface area contributed by atoms with Crippen LogP contribution in [0.5, 0.6) is 0 Å². The minimum atomic E-state index is -1.47. The Hall–Kier alpha value is 0.790. The summed E-state index contributed by atoms with van der Waals surface area (Å²) in [6, 6.07) is 0. The van der Waals surface area contributed by atoms with Gasteiger partial charge < -0.3 is 0 Å². The van der Waals surface area contributed by atoms with Crippen molar-refractivity contribution in [2.24, 2.45) is 0 Å². The molecule has 3 heterocycles. The van der Waals surface area contributed by atoms with Crippen LogP contribution in [0, 0.1) is 0 Å². The summed E-state index contributed by atoms with van der Waals surface area (Å²) < 4.78 is 0. The maximum absolute atomic E-state index is 4.32. The number of rotatable bonds is 3. The van der Waals surface area contributed by atoms with Gasteiger partial charge in [0.25, 0.3) is 0 Å². The summed E-state index contributed by atoms with van der Waals surface area (Å²) in [6.45, 7) is 3.68. The molecule has 3 unspecified atom stereocenters. The first-order valence-electron chi connectivity index (χ1n) is 7.21. The molecule has 100 valence electrons. The van der Waals surface area contributed by atoms with Gasteiger partial charge in [-0.3, -0.25) is 0 Å². The first-order valence-corrected chi connectivity index (χ1v) is 11.7. The molecule has 17 heavy (non-hydrogen) atoms. The molecule has 0 amide bonds. The Bertz CT molecular complexity index is 218. The van der Waals surface area contributed by atoms with Gasteiger partial charge in [0.1, 0.15) is 0 Å². The Morgan fingerprint density at radius 1 is 0.706 bits per heavy atom. The molecule has 5 heteroatoms. The summed E-state index contributed by atoms with van der Waals surface area (Å²) in [5.74, 6) is 0.845. The van der Waals surface area contributed by atoms with Crippen molar-refractivity contribution in [2.45, 2.75) is 55.9 Å². The van der Waals surface area contributed by atoms with Gasteiger partial charge in [-0.1, -0.05) is 0 Å². The van der Waals surface area contributed by atoms with Crippen LogP contribution in [0.4, 0.5) is 0 Å². The van der Waals surface area contributed by atoms with Gasteiger partial charge in [-0.05, 0) is 0 Å². The molecule has 3 aliphatic heterocycles. The van der Waals surface area contributed by atoms with Gasteiger partial charge in [0.2, 0.25) is 0 Å². The van der Waals surface area contributed by atoms with Crippen LogP contribution in [-0.2, 0) is 0 Å². The fourth-order valence-corrected chi connectivity index (χ4v) is 12.2. The van der Waals surface area contributed by atoms with Crippen molar-refractivity contribution < 1.29 is 0 Å². The van der Waals surface area contributed by atoms with Crippen LogP contribution in [0.3, 0.4) is 0 Å². The average molecular weight is 322 g/mol. The van der Waals surface area contributed by atoms with Crippen molar-refractivity contribution in [3.63, 3.8) is 0 Å². The molecule has 0 radical (unpaired) electrons. The van der Waals surface area contributed by atoms with Gasteiger partial charge in [-0.25, -0.2) is 0 Å². The summed E-state index contributed by atoms with van der Waals surface area (Å²) in [6.07, 6.45) is 8.24. The van der Waals surface area contributed by atoms with E-state index in [-0.39, 0.29) is 0 Å². The zero-order valence-electron chi connectivity index (χ0n) is 10.5. The molecular weight excluding hydrogens is 297 g/mol. The molecule has 0 saturated carbocycles. The van der Waals surface area contributed by atoms with E-state index in [0.29, 0.717) is 0 Å². The molecule has 3 N–H and O–H groups in total. The van der Waals surface area contributed by atoms with Crippen molar-refractivity contribution in [2.75, 3.05) is 19.6 Å². The van der Waals surface area contributed by atoms with E-state index in [4.69, 9.17) is 0 Å². The van der Waals surface area contributed by atoms with E-state index in [0.717, 1.165) is 17.3 Å². The molecule has 3 aliphatic rings. The van der Waals surface area contributed by atoms with E-state index >= 15 is 0 Å². The molecule has 3 fully saturated rings. The molecule has 0 aromatic heterocycles. The zero-order chi connectivity index (χ0) is 11.7. The number of nitrogens with one attached hydrogen (secondary N) is 3. The fourth-order valence-electron chi connectivity index (χ4n) is 3.92. The van der Waals surface area contributed by atoms with Gasteiger partial charge in [0, 0.05) is 0 Å². The minimum absolute atomic E-state index is 0.772. The molecule has 0 aromatic carbocycles. The van der Waals surface area contributed by atoms with Crippen LogP contribution in [-0.4, -0.2) is 37.0 Å². The topological polar surface area (TPSA) is 36.1 Å². The Kier molecular flexibility index (Phi) is 4.08. The molecular formula is C12H25BrN3P. The van der Waals surface area contributed by atoms with Gasteiger partial charge in [0.05, 0.1) is 0 Å². The van der Waals surface area contributed by atoms with E-state index in [2.05, 4.69) is 31.4 Å². The van der Waals surface area contributed by atoms with E-state index in [1.807, 2.05) is 0 Å². The van der Waals surface area contributed by atoms with Crippen LogP contribution in [0.25, 0.3) is 0 Å². The second-order valence-corrected chi connectivity index (χ2v) is 13.6. The normalized spacial score (nSPS) is 39.9. The second kappa shape index (κ2) is 5.42. The Morgan fingerprint density at radius 3 is 1.29 bits per heavy atom. The summed E-state index contributed by atoms with van der Waals surface area (Å²) >= 11 is 4.32. The first kappa shape index (κ1) is 12.8. The third kappa shape index (κ3) is 2.32. The van der Waals surface area contributed by atoms with E-state index in [9.17, 15) is 0 Å². The summed E-state index contributed by atoms with van der Waals surface area (Å²) in [5.41, 5.74) is 0. The Morgan fingerprint density at radius 2 is 1.06 bits per heavy atom. The quantitative estimate of drug-likeness (QED) is 0.697. The van der Waals surface area contributed by atoms with Crippen molar-refractivity contribution >= 4 is 21.5 Å². The molecule has 3 nitrogen and oxygen atoms in total. The summed E-state index contributed by atoms with van der Waals surface area (Å²) in [4.78, 5) is 0. The molecule has 0 aromatic rings. The number of hydrogen-bond acceptors (Lipinski definition) is 3. The molecule has 0 spiro atoms. The van der Waals surface area contributed by atoms with Crippen LogP contribution >= 0.6 is 21.5 Å². The van der Waals surface area contributed by atoms with Crippen LogP contribution in [0.1, 0.15) is 38.5 Å². The summed E-state index contributed by atoms with van der Waals surface area (Å²) in [7, 11) is 0. The third-order valence-electron chi connectivity index (χ3n) is 4.78. The monoisotopic (exact) mass is 321 g/mol. The van der Waals surface area contributed by atoms with Gasteiger partial charge in [0.15, 0.2) is 0 Å². The van der Waals surface area contributed by atoms with Crippen molar-refractivity contribution in [1.82, 2.24) is 16.0 Å². The van der Waals surface area contributed by atoms with Crippen molar-refractivity contribution in [3.8, 4) is 0 Å². The average Bonchev–Trinajstić information content (AvgIpc) is 3.10. The van der Waals surface area contributed by atoms with Crippen LogP contribution in [0.15, 0.2) is 0 Å². The van der Waals surface area contributed by atoms with E-state index in [1.165, 1.54) is 58.2 Å². The predicted octanol–water partition coefficient (Wildman–Crippen LogP) is 2.17. The van der Waals surface area contributed by atoms with Gasteiger partial charge in [-0.15, -0.1) is 0 Å². The standard InChI is InChI=1S/C12H25BrN3P/c13-17(10-4-1-7-14-10,11-5-2-8-15-11)12-6-3-9-16-12/h10-12,14-17H,1-9H2. The molecule has 3 saturated heterocycles. The second-order valence-electron chi connectivity index (χ2n) is 5.77.